The van der Waals surface area contributed by atoms with E-state index < -0.39 is 0 Å². The normalized spacial score (nSPS) is 19.3. The van der Waals surface area contributed by atoms with Gasteiger partial charge in [-0.2, -0.15) is 5.10 Å². The molecule has 112 valence electrons. The van der Waals surface area contributed by atoms with E-state index >= 15 is 0 Å². The number of carbonyl (C=O) groups is 1. The van der Waals surface area contributed by atoms with E-state index in [0.717, 1.165) is 19.3 Å². The molecule has 21 heavy (non-hydrogen) atoms. The second-order valence-corrected chi connectivity index (χ2v) is 6.15. The number of rotatable bonds is 3. The number of fused-ring (bicyclic) bond motifs is 3. The van der Waals surface area contributed by atoms with Gasteiger partial charge in [0.1, 0.15) is 5.56 Å². The molecule has 5 heteroatoms. The molecule has 2 atom stereocenters. The van der Waals surface area contributed by atoms with Gasteiger partial charge < -0.3 is 5.32 Å². The highest BCUT2D eigenvalue weighted by Gasteiger charge is 2.22. The Labute approximate surface area is 124 Å². The molecule has 0 fully saturated rings. The number of nitrogens with one attached hydrogen (secondary N) is 1. The summed E-state index contributed by atoms with van der Waals surface area (Å²) in [4.78, 5) is 16.8. The summed E-state index contributed by atoms with van der Waals surface area (Å²) in [6.45, 7) is 6.32. The maximum absolute atomic E-state index is 12.3. The van der Waals surface area contributed by atoms with Gasteiger partial charge in [-0.1, -0.05) is 13.8 Å². The Balaban J connectivity index is 1.98. The Bertz CT molecular complexity index is 676. The van der Waals surface area contributed by atoms with Crippen LogP contribution in [0.3, 0.4) is 0 Å². The first-order chi connectivity index (χ1) is 10.1. The van der Waals surface area contributed by atoms with Crippen LogP contribution in [0.15, 0.2) is 12.4 Å². The molecule has 0 unspecified atom stereocenters. The van der Waals surface area contributed by atoms with Gasteiger partial charge in [-0.15, -0.1) is 0 Å². The summed E-state index contributed by atoms with van der Waals surface area (Å²) in [6.07, 6.45) is 7.68. The number of aromatic nitrogens is 3. The van der Waals surface area contributed by atoms with Crippen LogP contribution in [0.1, 0.15) is 55.2 Å². The number of nitrogens with zero attached hydrogens (tertiary/aromatic N) is 3. The average molecular weight is 286 g/mol. The van der Waals surface area contributed by atoms with Crippen LogP contribution < -0.4 is 5.32 Å². The van der Waals surface area contributed by atoms with E-state index in [0.29, 0.717) is 17.1 Å². The lowest BCUT2D eigenvalue weighted by atomic mass is 9.89. The zero-order valence-corrected chi connectivity index (χ0v) is 12.9. The standard InChI is InChI=1S/C16H22N4O/c1-4-11(3)19-16(21)13-9-18-20-14-6-5-10(2)7-12(14)8-17-15(13)20/h8-11H,4-7H2,1-3H3,(H,19,21)/t10-,11+/m1/s1. The molecular formula is C16H22N4O. The minimum absolute atomic E-state index is 0.0871. The van der Waals surface area contributed by atoms with E-state index in [9.17, 15) is 4.79 Å². The van der Waals surface area contributed by atoms with Crippen LogP contribution in [0, 0.1) is 5.92 Å². The second-order valence-electron chi connectivity index (χ2n) is 6.15. The molecule has 2 heterocycles. The van der Waals surface area contributed by atoms with Gasteiger partial charge in [0.2, 0.25) is 0 Å². The summed E-state index contributed by atoms with van der Waals surface area (Å²) in [6, 6.07) is 0.158. The van der Waals surface area contributed by atoms with E-state index in [4.69, 9.17) is 0 Å². The molecule has 1 aliphatic rings. The van der Waals surface area contributed by atoms with Crippen molar-refractivity contribution in [2.45, 2.75) is 52.5 Å². The van der Waals surface area contributed by atoms with Crippen molar-refractivity contribution in [1.29, 1.82) is 0 Å². The number of aryl methyl sites for hydroxylation is 1. The predicted molar refractivity (Wildman–Crippen MR) is 81.4 cm³/mol. The highest BCUT2D eigenvalue weighted by Crippen LogP contribution is 2.25. The summed E-state index contributed by atoms with van der Waals surface area (Å²) < 4.78 is 1.85. The molecule has 0 radical (unpaired) electrons. The minimum atomic E-state index is -0.0871. The van der Waals surface area contributed by atoms with Gasteiger partial charge in [0, 0.05) is 17.9 Å². The summed E-state index contributed by atoms with van der Waals surface area (Å²) in [7, 11) is 0. The molecule has 5 nitrogen and oxygen atoms in total. The van der Waals surface area contributed by atoms with Crippen molar-refractivity contribution in [3.63, 3.8) is 0 Å². The van der Waals surface area contributed by atoms with Crippen molar-refractivity contribution in [3.05, 3.63) is 29.2 Å². The largest absolute Gasteiger partial charge is 0.349 e. The molecule has 0 saturated carbocycles. The molecule has 2 aromatic heterocycles. The number of hydrogen-bond donors (Lipinski definition) is 1. The van der Waals surface area contributed by atoms with Crippen LogP contribution in [0.4, 0.5) is 0 Å². The fourth-order valence-electron chi connectivity index (χ4n) is 2.87. The molecule has 2 aromatic rings. The van der Waals surface area contributed by atoms with Crippen molar-refractivity contribution in [3.8, 4) is 0 Å². The van der Waals surface area contributed by atoms with Crippen LogP contribution in [0.25, 0.3) is 5.65 Å². The van der Waals surface area contributed by atoms with E-state index in [-0.39, 0.29) is 11.9 Å². The van der Waals surface area contributed by atoms with Gasteiger partial charge in [0.25, 0.3) is 5.91 Å². The van der Waals surface area contributed by atoms with E-state index in [1.54, 1.807) is 6.20 Å². The fraction of sp³-hybridized carbons (Fsp3) is 0.562. The van der Waals surface area contributed by atoms with Crippen molar-refractivity contribution >= 4 is 11.6 Å². The molecule has 3 rings (SSSR count). The third kappa shape index (κ3) is 2.52. The maximum atomic E-state index is 12.3. The topological polar surface area (TPSA) is 59.3 Å². The molecule has 0 spiro atoms. The van der Waals surface area contributed by atoms with Gasteiger partial charge in [0.05, 0.1) is 6.20 Å². The van der Waals surface area contributed by atoms with Gasteiger partial charge >= 0.3 is 0 Å². The summed E-state index contributed by atoms with van der Waals surface area (Å²) in [5.41, 5.74) is 3.71. The Morgan fingerprint density at radius 1 is 1.52 bits per heavy atom. The average Bonchev–Trinajstić information content (AvgIpc) is 2.90. The van der Waals surface area contributed by atoms with Crippen LogP contribution in [-0.2, 0) is 12.8 Å². The van der Waals surface area contributed by atoms with Crippen LogP contribution in [-0.4, -0.2) is 26.5 Å². The molecule has 1 amide bonds. The van der Waals surface area contributed by atoms with Crippen LogP contribution in [0.5, 0.6) is 0 Å². The highest BCUT2D eigenvalue weighted by atomic mass is 16.1. The zero-order chi connectivity index (χ0) is 15.0. The maximum Gasteiger partial charge on any atom is 0.256 e. The molecule has 1 aliphatic carbocycles. The Morgan fingerprint density at radius 3 is 3.10 bits per heavy atom. The number of amides is 1. The van der Waals surface area contributed by atoms with E-state index in [1.807, 2.05) is 17.6 Å². The SMILES string of the molecule is CC[C@H](C)NC(=O)c1cnn2c3c(cnc12)C[C@H](C)CC3. The third-order valence-electron chi connectivity index (χ3n) is 4.39. The third-order valence-corrected chi connectivity index (χ3v) is 4.39. The monoisotopic (exact) mass is 286 g/mol. The van der Waals surface area contributed by atoms with Crippen LogP contribution in [0.2, 0.25) is 0 Å². The molecule has 1 N–H and O–H groups in total. The molecule has 0 aliphatic heterocycles. The Kier molecular flexibility index (Phi) is 3.66. The molecule has 0 saturated heterocycles. The van der Waals surface area contributed by atoms with Crippen molar-refractivity contribution in [2.75, 3.05) is 0 Å². The smallest absolute Gasteiger partial charge is 0.256 e. The summed E-state index contributed by atoms with van der Waals surface area (Å²) in [5, 5.41) is 7.38. The first kappa shape index (κ1) is 14.0. The lowest BCUT2D eigenvalue weighted by molar-refractivity contribution is 0.0940. The number of carbonyl (C=O) groups excluding carboxylic acids is 1. The van der Waals surface area contributed by atoms with Crippen molar-refractivity contribution < 1.29 is 4.79 Å². The molecule has 0 bridgehead atoms. The van der Waals surface area contributed by atoms with Gasteiger partial charge in [-0.25, -0.2) is 9.50 Å². The van der Waals surface area contributed by atoms with Crippen LogP contribution >= 0.6 is 0 Å². The zero-order valence-electron chi connectivity index (χ0n) is 12.9. The van der Waals surface area contributed by atoms with Gasteiger partial charge in [0.15, 0.2) is 5.65 Å². The van der Waals surface area contributed by atoms with E-state index in [1.165, 1.54) is 17.7 Å². The molecular weight excluding hydrogens is 264 g/mol. The first-order valence-electron chi connectivity index (χ1n) is 7.75. The first-order valence-corrected chi connectivity index (χ1v) is 7.75. The lowest BCUT2D eigenvalue weighted by Gasteiger charge is -2.21. The predicted octanol–water partition coefficient (Wildman–Crippen LogP) is 2.38. The lowest BCUT2D eigenvalue weighted by Crippen LogP contribution is -2.32. The van der Waals surface area contributed by atoms with Crippen molar-refractivity contribution in [1.82, 2.24) is 19.9 Å². The Morgan fingerprint density at radius 2 is 2.33 bits per heavy atom. The number of hydrogen-bond acceptors (Lipinski definition) is 3. The van der Waals surface area contributed by atoms with Crippen molar-refractivity contribution in [2.24, 2.45) is 5.92 Å². The quantitative estimate of drug-likeness (QED) is 0.942. The van der Waals surface area contributed by atoms with Gasteiger partial charge in [-0.3, -0.25) is 4.79 Å². The Hall–Kier alpha value is -1.91. The second kappa shape index (κ2) is 5.47. The van der Waals surface area contributed by atoms with E-state index in [2.05, 4.69) is 29.2 Å². The van der Waals surface area contributed by atoms with Gasteiger partial charge in [-0.05, 0) is 44.1 Å². The fourth-order valence-corrected chi connectivity index (χ4v) is 2.87. The molecule has 0 aromatic carbocycles. The highest BCUT2D eigenvalue weighted by molar-refractivity contribution is 5.99. The summed E-state index contributed by atoms with van der Waals surface area (Å²) in [5.74, 6) is 0.608. The minimum Gasteiger partial charge on any atom is -0.349 e. The summed E-state index contributed by atoms with van der Waals surface area (Å²) >= 11 is 0.